The summed E-state index contributed by atoms with van der Waals surface area (Å²) in [5.41, 5.74) is 4.00. The van der Waals surface area contributed by atoms with Crippen LogP contribution in [0.4, 0.5) is 0 Å². The lowest BCUT2D eigenvalue weighted by Gasteiger charge is -2.17. The highest BCUT2D eigenvalue weighted by Crippen LogP contribution is 2.26. The van der Waals surface area contributed by atoms with E-state index in [2.05, 4.69) is 0 Å². The van der Waals surface area contributed by atoms with E-state index in [4.69, 9.17) is 5.11 Å². The Morgan fingerprint density at radius 2 is 1.09 bits per heavy atom. The maximum atomic E-state index is 12.1. The molecule has 1 N–H and O–H groups in total. The van der Waals surface area contributed by atoms with Crippen molar-refractivity contribution in [2.75, 3.05) is 0 Å². The first-order chi connectivity index (χ1) is 10.8. The second kappa shape index (κ2) is 6.27. The predicted octanol–water partition coefficient (Wildman–Crippen LogP) is 4.21. The van der Waals surface area contributed by atoms with Crippen LogP contribution in [0.3, 0.4) is 0 Å². The Labute approximate surface area is 129 Å². The normalized spacial score (nSPS) is 11.7. The lowest BCUT2D eigenvalue weighted by molar-refractivity contribution is 0.103. The van der Waals surface area contributed by atoms with Gasteiger partial charge in [0.25, 0.3) is 0 Å². The summed E-state index contributed by atoms with van der Waals surface area (Å²) < 4.78 is 0. The Morgan fingerprint density at radius 1 is 0.636 bits per heavy atom. The fourth-order valence-electron chi connectivity index (χ4n) is 2.57. The summed E-state index contributed by atoms with van der Waals surface area (Å²) in [7, 11) is 0. The Hall–Kier alpha value is -2.87. The van der Waals surface area contributed by atoms with Gasteiger partial charge in [-0.2, -0.15) is 0 Å². The highest BCUT2D eigenvalue weighted by atomic mass is 16.3. The SMILES string of the molecule is O=C1c2ccccc2Cc2ccccc21.Oc1ccccc1. The largest absolute Gasteiger partial charge is 0.508 e. The molecule has 0 radical (unpaired) electrons. The molecule has 0 saturated carbocycles. The summed E-state index contributed by atoms with van der Waals surface area (Å²) in [5.74, 6) is 0.481. The zero-order chi connectivity index (χ0) is 15.4. The smallest absolute Gasteiger partial charge is 0.193 e. The monoisotopic (exact) mass is 288 g/mol. The van der Waals surface area contributed by atoms with E-state index < -0.39 is 0 Å². The Kier molecular flexibility index (Phi) is 4.01. The second-order valence-corrected chi connectivity index (χ2v) is 5.16. The molecule has 3 aromatic rings. The molecule has 0 fully saturated rings. The van der Waals surface area contributed by atoms with Crippen molar-refractivity contribution in [1.82, 2.24) is 0 Å². The maximum Gasteiger partial charge on any atom is 0.193 e. The van der Waals surface area contributed by atoms with Gasteiger partial charge in [0.1, 0.15) is 5.75 Å². The molecule has 1 aliphatic carbocycles. The molecule has 1 aliphatic rings. The number of hydrogen-bond acceptors (Lipinski definition) is 2. The van der Waals surface area contributed by atoms with Crippen LogP contribution in [0, 0.1) is 0 Å². The van der Waals surface area contributed by atoms with Gasteiger partial charge in [-0.1, -0.05) is 66.7 Å². The average Bonchev–Trinajstić information content (AvgIpc) is 2.57. The van der Waals surface area contributed by atoms with Gasteiger partial charge in [0, 0.05) is 11.1 Å². The molecule has 0 atom stereocenters. The van der Waals surface area contributed by atoms with Crippen LogP contribution in [0.2, 0.25) is 0 Å². The Morgan fingerprint density at radius 3 is 1.55 bits per heavy atom. The molecule has 0 spiro atoms. The number of phenols is 1. The van der Waals surface area contributed by atoms with Gasteiger partial charge in [0.15, 0.2) is 5.78 Å². The van der Waals surface area contributed by atoms with Crippen LogP contribution in [0.5, 0.6) is 5.75 Å². The topological polar surface area (TPSA) is 37.3 Å². The van der Waals surface area contributed by atoms with Crippen molar-refractivity contribution < 1.29 is 9.90 Å². The van der Waals surface area contributed by atoms with Gasteiger partial charge in [-0.05, 0) is 29.7 Å². The van der Waals surface area contributed by atoms with Gasteiger partial charge in [-0.3, -0.25) is 4.79 Å². The molecule has 4 rings (SSSR count). The maximum absolute atomic E-state index is 12.1. The van der Waals surface area contributed by atoms with Gasteiger partial charge in [0.05, 0.1) is 0 Å². The minimum absolute atomic E-state index is 0.160. The molecule has 0 aromatic heterocycles. The first-order valence-electron chi connectivity index (χ1n) is 7.20. The number of phenolic OH excluding ortho intramolecular Hbond substituents is 1. The van der Waals surface area contributed by atoms with Crippen LogP contribution in [-0.4, -0.2) is 10.9 Å². The molecule has 108 valence electrons. The zero-order valence-corrected chi connectivity index (χ0v) is 12.1. The molecular formula is C20H16O2. The lowest BCUT2D eigenvalue weighted by Crippen LogP contribution is -2.14. The van der Waals surface area contributed by atoms with Crippen molar-refractivity contribution in [3.05, 3.63) is 101 Å². The average molecular weight is 288 g/mol. The van der Waals surface area contributed by atoms with Crippen LogP contribution in [-0.2, 0) is 6.42 Å². The van der Waals surface area contributed by atoms with E-state index in [1.807, 2.05) is 54.6 Å². The highest BCUT2D eigenvalue weighted by molar-refractivity contribution is 6.12. The summed E-state index contributed by atoms with van der Waals surface area (Å²) in [6, 6.07) is 24.4. The summed E-state index contributed by atoms with van der Waals surface area (Å²) >= 11 is 0. The van der Waals surface area contributed by atoms with Gasteiger partial charge >= 0.3 is 0 Å². The van der Waals surface area contributed by atoms with Crippen LogP contribution in [0.1, 0.15) is 27.0 Å². The molecule has 2 heteroatoms. The van der Waals surface area contributed by atoms with E-state index in [0.717, 1.165) is 28.7 Å². The standard InChI is InChI=1S/C14H10O.C6H6O/c15-14-12-7-3-1-5-10(12)9-11-6-2-4-8-13(11)14;7-6-4-2-1-3-5-6/h1-8H,9H2;1-5,7H. The molecule has 2 nitrogen and oxygen atoms in total. The van der Waals surface area contributed by atoms with E-state index in [9.17, 15) is 4.79 Å². The molecule has 0 aliphatic heterocycles. The zero-order valence-electron chi connectivity index (χ0n) is 12.1. The van der Waals surface area contributed by atoms with Crippen molar-refractivity contribution in [2.24, 2.45) is 0 Å². The molecule has 0 heterocycles. The summed E-state index contributed by atoms with van der Waals surface area (Å²) in [6.45, 7) is 0. The third-order valence-electron chi connectivity index (χ3n) is 3.66. The number of para-hydroxylation sites is 1. The third kappa shape index (κ3) is 2.91. The first kappa shape index (κ1) is 14.1. The van der Waals surface area contributed by atoms with Crippen LogP contribution in [0.15, 0.2) is 78.9 Å². The number of benzene rings is 3. The molecule has 0 unspecified atom stereocenters. The fraction of sp³-hybridized carbons (Fsp3) is 0.0500. The molecule has 0 saturated heterocycles. The number of fused-ring (bicyclic) bond motifs is 2. The minimum Gasteiger partial charge on any atom is -0.508 e. The molecule has 0 amide bonds. The summed E-state index contributed by atoms with van der Waals surface area (Å²) in [4.78, 5) is 12.1. The first-order valence-corrected chi connectivity index (χ1v) is 7.20. The fourth-order valence-corrected chi connectivity index (χ4v) is 2.57. The lowest BCUT2D eigenvalue weighted by atomic mass is 9.85. The molecule has 0 bridgehead atoms. The van der Waals surface area contributed by atoms with Crippen molar-refractivity contribution >= 4 is 5.78 Å². The van der Waals surface area contributed by atoms with Gasteiger partial charge in [0.2, 0.25) is 0 Å². The van der Waals surface area contributed by atoms with Crippen molar-refractivity contribution in [3.8, 4) is 5.75 Å². The van der Waals surface area contributed by atoms with E-state index >= 15 is 0 Å². The van der Waals surface area contributed by atoms with Gasteiger partial charge in [-0.25, -0.2) is 0 Å². The predicted molar refractivity (Wildman–Crippen MR) is 87.2 cm³/mol. The van der Waals surface area contributed by atoms with Gasteiger partial charge in [-0.15, -0.1) is 0 Å². The highest BCUT2D eigenvalue weighted by Gasteiger charge is 2.21. The summed E-state index contributed by atoms with van der Waals surface area (Å²) in [5, 5.41) is 8.63. The Bertz CT molecular complexity index is 744. The number of aromatic hydroxyl groups is 1. The Balaban J connectivity index is 0.000000174. The van der Waals surface area contributed by atoms with Gasteiger partial charge < -0.3 is 5.11 Å². The summed E-state index contributed by atoms with van der Waals surface area (Å²) in [6.07, 6.45) is 0.873. The van der Waals surface area contributed by atoms with Crippen LogP contribution < -0.4 is 0 Å². The number of hydrogen-bond donors (Lipinski definition) is 1. The van der Waals surface area contributed by atoms with Crippen LogP contribution >= 0.6 is 0 Å². The third-order valence-corrected chi connectivity index (χ3v) is 3.66. The molecule has 22 heavy (non-hydrogen) atoms. The van der Waals surface area contributed by atoms with E-state index in [1.54, 1.807) is 24.3 Å². The number of carbonyl (C=O) groups excluding carboxylic acids is 1. The van der Waals surface area contributed by atoms with E-state index in [0.29, 0.717) is 5.75 Å². The minimum atomic E-state index is 0.160. The van der Waals surface area contributed by atoms with Crippen molar-refractivity contribution in [1.29, 1.82) is 0 Å². The molecule has 3 aromatic carbocycles. The van der Waals surface area contributed by atoms with E-state index in [1.165, 1.54) is 0 Å². The quantitative estimate of drug-likeness (QED) is 0.526. The number of ketones is 1. The van der Waals surface area contributed by atoms with E-state index in [-0.39, 0.29) is 5.78 Å². The second-order valence-electron chi connectivity index (χ2n) is 5.16. The van der Waals surface area contributed by atoms with Crippen molar-refractivity contribution in [2.45, 2.75) is 6.42 Å². The number of rotatable bonds is 0. The molecular weight excluding hydrogens is 272 g/mol. The van der Waals surface area contributed by atoms with Crippen molar-refractivity contribution in [3.63, 3.8) is 0 Å². The van der Waals surface area contributed by atoms with Crippen LogP contribution in [0.25, 0.3) is 0 Å². The number of carbonyl (C=O) groups is 1.